The SMILES string of the molecule is CC1CC(Oc2ccc(C(=N)N)cc2Cl)CC(C)O1. The lowest BCUT2D eigenvalue weighted by Gasteiger charge is -2.32. The average molecular weight is 283 g/mol. The molecule has 2 rings (SSSR count). The lowest BCUT2D eigenvalue weighted by Crippen LogP contribution is -2.35. The zero-order valence-electron chi connectivity index (χ0n) is 11.2. The van der Waals surface area contributed by atoms with Gasteiger partial charge in [-0.3, -0.25) is 5.41 Å². The summed E-state index contributed by atoms with van der Waals surface area (Å²) in [6.07, 6.45) is 2.22. The smallest absolute Gasteiger partial charge is 0.138 e. The van der Waals surface area contributed by atoms with Gasteiger partial charge in [-0.25, -0.2) is 0 Å². The van der Waals surface area contributed by atoms with E-state index in [1.807, 2.05) is 13.8 Å². The van der Waals surface area contributed by atoms with Gasteiger partial charge in [-0.15, -0.1) is 0 Å². The summed E-state index contributed by atoms with van der Waals surface area (Å²) in [6, 6.07) is 5.17. The summed E-state index contributed by atoms with van der Waals surface area (Å²) in [6.45, 7) is 4.10. The highest BCUT2D eigenvalue weighted by molar-refractivity contribution is 6.32. The normalized spacial score (nSPS) is 27.0. The van der Waals surface area contributed by atoms with Gasteiger partial charge in [-0.1, -0.05) is 11.6 Å². The molecule has 1 fully saturated rings. The van der Waals surface area contributed by atoms with Gasteiger partial charge < -0.3 is 15.2 Å². The van der Waals surface area contributed by atoms with Crippen molar-refractivity contribution in [1.29, 1.82) is 5.41 Å². The third-order valence-corrected chi connectivity index (χ3v) is 3.49. The molecule has 1 aliphatic heterocycles. The molecule has 19 heavy (non-hydrogen) atoms. The minimum absolute atomic E-state index is 0.00163. The molecule has 104 valence electrons. The first-order chi connectivity index (χ1) is 8.95. The Morgan fingerprint density at radius 3 is 2.53 bits per heavy atom. The minimum Gasteiger partial charge on any atom is -0.489 e. The summed E-state index contributed by atoms with van der Waals surface area (Å²) < 4.78 is 11.6. The van der Waals surface area contributed by atoms with Gasteiger partial charge in [-0.05, 0) is 32.0 Å². The van der Waals surface area contributed by atoms with Crippen molar-refractivity contribution in [1.82, 2.24) is 0 Å². The zero-order chi connectivity index (χ0) is 14.0. The predicted molar refractivity (Wildman–Crippen MR) is 76.1 cm³/mol. The van der Waals surface area contributed by atoms with Crippen LogP contribution in [-0.2, 0) is 4.74 Å². The number of halogens is 1. The molecule has 1 aromatic carbocycles. The molecule has 0 aromatic heterocycles. The van der Waals surface area contributed by atoms with E-state index >= 15 is 0 Å². The van der Waals surface area contributed by atoms with Crippen molar-refractivity contribution >= 4 is 17.4 Å². The van der Waals surface area contributed by atoms with Gasteiger partial charge in [0.05, 0.1) is 17.2 Å². The summed E-state index contributed by atoms with van der Waals surface area (Å²) in [5, 5.41) is 7.86. The Balaban J connectivity index is 2.08. The lowest BCUT2D eigenvalue weighted by molar-refractivity contribution is -0.0721. The topological polar surface area (TPSA) is 68.3 Å². The van der Waals surface area contributed by atoms with Gasteiger partial charge in [0.1, 0.15) is 17.7 Å². The van der Waals surface area contributed by atoms with Crippen molar-refractivity contribution in [3.8, 4) is 5.75 Å². The van der Waals surface area contributed by atoms with E-state index in [4.69, 9.17) is 32.2 Å². The van der Waals surface area contributed by atoms with E-state index in [1.165, 1.54) is 0 Å². The Labute approximate surface area is 118 Å². The van der Waals surface area contributed by atoms with Gasteiger partial charge in [0.2, 0.25) is 0 Å². The molecule has 0 amide bonds. The number of nitrogens with one attached hydrogen (secondary N) is 1. The maximum Gasteiger partial charge on any atom is 0.138 e. The van der Waals surface area contributed by atoms with Crippen LogP contribution < -0.4 is 10.5 Å². The molecule has 4 nitrogen and oxygen atoms in total. The van der Waals surface area contributed by atoms with E-state index in [9.17, 15) is 0 Å². The molecule has 0 saturated carbocycles. The number of hydrogen-bond donors (Lipinski definition) is 2. The Morgan fingerprint density at radius 1 is 1.37 bits per heavy atom. The number of ether oxygens (including phenoxy) is 2. The van der Waals surface area contributed by atoms with Crippen LogP contribution in [0.3, 0.4) is 0 Å². The molecule has 3 N–H and O–H groups in total. The number of hydrogen-bond acceptors (Lipinski definition) is 3. The average Bonchev–Trinajstić information content (AvgIpc) is 2.30. The summed E-state index contributed by atoms with van der Waals surface area (Å²) in [7, 11) is 0. The summed E-state index contributed by atoms with van der Waals surface area (Å²) >= 11 is 6.16. The van der Waals surface area contributed by atoms with Crippen molar-refractivity contribution < 1.29 is 9.47 Å². The van der Waals surface area contributed by atoms with E-state index in [-0.39, 0.29) is 24.1 Å². The molecule has 1 aliphatic rings. The molecule has 0 spiro atoms. The Bertz CT molecular complexity index is 469. The third-order valence-electron chi connectivity index (χ3n) is 3.19. The molecule has 0 radical (unpaired) electrons. The van der Waals surface area contributed by atoms with Crippen LogP contribution >= 0.6 is 11.6 Å². The van der Waals surface area contributed by atoms with Crippen LogP contribution in [0.25, 0.3) is 0 Å². The molecule has 5 heteroatoms. The van der Waals surface area contributed by atoms with Crippen LogP contribution in [0.2, 0.25) is 5.02 Å². The fourth-order valence-electron chi connectivity index (χ4n) is 2.38. The van der Waals surface area contributed by atoms with E-state index in [0.717, 1.165) is 12.8 Å². The lowest BCUT2D eigenvalue weighted by atomic mass is 10.0. The Morgan fingerprint density at radius 2 is 2.00 bits per heavy atom. The van der Waals surface area contributed by atoms with E-state index < -0.39 is 0 Å². The summed E-state index contributed by atoms with van der Waals surface area (Å²) in [5.74, 6) is 0.639. The van der Waals surface area contributed by atoms with Crippen molar-refractivity contribution in [3.63, 3.8) is 0 Å². The van der Waals surface area contributed by atoms with Gasteiger partial charge in [-0.2, -0.15) is 0 Å². The molecule has 0 aliphatic carbocycles. The third kappa shape index (κ3) is 3.61. The molecule has 2 atom stereocenters. The largest absolute Gasteiger partial charge is 0.489 e. The summed E-state index contributed by atoms with van der Waals surface area (Å²) in [5.41, 5.74) is 6.02. The van der Waals surface area contributed by atoms with Crippen molar-refractivity contribution in [2.75, 3.05) is 0 Å². The summed E-state index contributed by atoms with van der Waals surface area (Å²) in [4.78, 5) is 0. The molecular weight excluding hydrogens is 264 g/mol. The van der Waals surface area contributed by atoms with Crippen molar-refractivity contribution in [2.45, 2.75) is 45.0 Å². The molecule has 1 aromatic rings. The van der Waals surface area contributed by atoms with Gasteiger partial charge in [0, 0.05) is 18.4 Å². The molecule has 0 bridgehead atoms. The maximum absolute atomic E-state index is 7.37. The predicted octanol–water partition coefficient (Wildman–Crippen LogP) is 2.96. The van der Waals surface area contributed by atoms with Crippen LogP contribution in [0.5, 0.6) is 5.75 Å². The highest BCUT2D eigenvalue weighted by atomic mass is 35.5. The molecule has 1 heterocycles. The van der Waals surface area contributed by atoms with Crippen LogP contribution in [0, 0.1) is 5.41 Å². The fraction of sp³-hybridized carbons (Fsp3) is 0.500. The zero-order valence-corrected chi connectivity index (χ0v) is 11.9. The number of nitrogens with two attached hydrogens (primary N) is 1. The minimum atomic E-state index is 0.00163. The Hall–Kier alpha value is -1.26. The fourth-order valence-corrected chi connectivity index (χ4v) is 2.61. The monoisotopic (exact) mass is 282 g/mol. The quantitative estimate of drug-likeness (QED) is 0.661. The maximum atomic E-state index is 7.37. The van der Waals surface area contributed by atoms with Crippen molar-refractivity contribution in [2.24, 2.45) is 5.73 Å². The van der Waals surface area contributed by atoms with E-state index in [1.54, 1.807) is 18.2 Å². The molecular formula is C14H19ClN2O2. The first-order valence-corrected chi connectivity index (χ1v) is 6.79. The molecule has 2 unspecified atom stereocenters. The van der Waals surface area contributed by atoms with Crippen LogP contribution in [-0.4, -0.2) is 24.1 Å². The van der Waals surface area contributed by atoms with Crippen LogP contribution in [0.4, 0.5) is 0 Å². The Kier molecular flexibility index (Phi) is 4.32. The second-order valence-corrected chi connectivity index (χ2v) is 5.43. The van der Waals surface area contributed by atoms with Crippen LogP contribution in [0.1, 0.15) is 32.3 Å². The number of amidine groups is 1. The number of nitrogen functional groups attached to an aromatic ring is 1. The van der Waals surface area contributed by atoms with E-state index in [0.29, 0.717) is 16.3 Å². The second kappa shape index (κ2) is 5.80. The van der Waals surface area contributed by atoms with Crippen molar-refractivity contribution in [3.05, 3.63) is 28.8 Å². The van der Waals surface area contributed by atoms with Gasteiger partial charge in [0.25, 0.3) is 0 Å². The first-order valence-electron chi connectivity index (χ1n) is 6.41. The standard InChI is InChI=1S/C14H19ClN2O2/c1-8-5-11(6-9(2)18-8)19-13-4-3-10(14(16)17)7-12(13)15/h3-4,7-9,11H,5-6H2,1-2H3,(H3,16,17). The van der Waals surface area contributed by atoms with E-state index in [2.05, 4.69) is 0 Å². The van der Waals surface area contributed by atoms with Gasteiger partial charge in [0.15, 0.2) is 0 Å². The van der Waals surface area contributed by atoms with Crippen LogP contribution in [0.15, 0.2) is 18.2 Å². The first kappa shape index (κ1) is 14.2. The molecule has 1 saturated heterocycles. The second-order valence-electron chi connectivity index (χ2n) is 5.03. The van der Waals surface area contributed by atoms with Gasteiger partial charge >= 0.3 is 0 Å². The number of rotatable bonds is 3. The highest BCUT2D eigenvalue weighted by Gasteiger charge is 2.26. The number of benzene rings is 1. The highest BCUT2D eigenvalue weighted by Crippen LogP contribution is 2.30.